The van der Waals surface area contributed by atoms with Crippen molar-refractivity contribution in [3.8, 4) is 5.75 Å². The van der Waals surface area contributed by atoms with Gasteiger partial charge in [-0.3, -0.25) is 9.69 Å². The monoisotopic (exact) mass is 367 g/mol. The summed E-state index contributed by atoms with van der Waals surface area (Å²) in [5, 5.41) is 0. The summed E-state index contributed by atoms with van der Waals surface area (Å²) in [5.74, 6) is 0.681. The van der Waals surface area contributed by atoms with Gasteiger partial charge in [0.25, 0.3) is 5.91 Å². The van der Waals surface area contributed by atoms with Crippen molar-refractivity contribution in [3.63, 3.8) is 0 Å². The number of aryl methyl sites for hydroxylation is 1. The van der Waals surface area contributed by atoms with E-state index in [-0.39, 0.29) is 5.91 Å². The molecule has 0 N–H and O–H groups in total. The van der Waals surface area contributed by atoms with Crippen molar-refractivity contribution in [2.75, 3.05) is 11.5 Å². The fourth-order valence-corrected chi connectivity index (χ4v) is 3.74. The number of para-hydroxylation sites is 1. The minimum atomic E-state index is -0.0868. The van der Waals surface area contributed by atoms with Crippen molar-refractivity contribution in [2.24, 2.45) is 0 Å². The van der Waals surface area contributed by atoms with Crippen LogP contribution in [0.1, 0.15) is 11.1 Å². The van der Waals surface area contributed by atoms with Crippen molar-refractivity contribution in [2.45, 2.75) is 6.92 Å². The number of thiocarbonyl (C=S) groups is 1. The van der Waals surface area contributed by atoms with E-state index in [1.54, 1.807) is 11.0 Å². The van der Waals surface area contributed by atoms with Gasteiger partial charge in [-0.2, -0.15) is 0 Å². The van der Waals surface area contributed by atoms with E-state index >= 15 is 0 Å². The first-order chi connectivity index (χ1) is 12.1. The van der Waals surface area contributed by atoms with Gasteiger partial charge < -0.3 is 4.74 Å². The number of ether oxygens (including phenoxy) is 1. The second-order valence-electron chi connectivity index (χ2n) is 5.47. The number of amides is 1. The largest absolute Gasteiger partial charge is 0.490 e. The quantitative estimate of drug-likeness (QED) is 0.424. The Kier molecular flexibility index (Phi) is 5.36. The lowest BCUT2D eigenvalue weighted by molar-refractivity contribution is -0.113. The molecule has 25 heavy (non-hydrogen) atoms. The Morgan fingerprint density at radius 1 is 1.20 bits per heavy atom. The normalized spacial score (nSPS) is 15.7. The van der Waals surface area contributed by atoms with E-state index in [0.717, 1.165) is 22.6 Å². The maximum Gasteiger partial charge on any atom is 0.270 e. The van der Waals surface area contributed by atoms with Gasteiger partial charge in [0.1, 0.15) is 12.4 Å². The van der Waals surface area contributed by atoms with Crippen LogP contribution < -0.4 is 9.64 Å². The van der Waals surface area contributed by atoms with Gasteiger partial charge in [-0.15, -0.1) is 0 Å². The highest BCUT2D eigenvalue weighted by Crippen LogP contribution is 2.37. The molecule has 0 aliphatic carbocycles. The van der Waals surface area contributed by atoms with Gasteiger partial charge in [-0.25, -0.2) is 0 Å². The Bertz CT molecular complexity index is 856. The number of hydrogen-bond donors (Lipinski definition) is 0. The Morgan fingerprint density at radius 2 is 1.92 bits per heavy atom. The number of anilines is 1. The summed E-state index contributed by atoms with van der Waals surface area (Å²) >= 11 is 6.74. The van der Waals surface area contributed by atoms with Crippen LogP contribution in [-0.2, 0) is 4.79 Å². The minimum absolute atomic E-state index is 0.0868. The van der Waals surface area contributed by atoms with Gasteiger partial charge in [-0.05, 0) is 42.3 Å². The molecule has 1 amide bonds. The van der Waals surface area contributed by atoms with E-state index in [1.165, 1.54) is 11.8 Å². The fraction of sp³-hybridized carbons (Fsp3) is 0.100. The molecule has 5 heteroatoms. The zero-order chi connectivity index (χ0) is 17.8. The molecule has 0 unspecified atom stereocenters. The number of thioether (sulfide) groups is 1. The summed E-state index contributed by atoms with van der Waals surface area (Å²) in [6.45, 7) is 6.06. The van der Waals surface area contributed by atoms with Gasteiger partial charge in [0, 0.05) is 0 Å². The molecule has 0 saturated carbocycles. The van der Waals surface area contributed by atoms with Crippen LogP contribution in [0.15, 0.2) is 66.1 Å². The molecule has 0 bridgehead atoms. The predicted molar refractivity (Wildman–Crippen MR) is 109 cm³/mol. The van der Waals surface area contributed by atoms with E-state index < -0.39 is 0 Å². The maximum atomic E-state index is 12.8. The van der Waals surface area contributed by atoms with Crippen LogP contribution in [0.5, 0.6) is 5.75 Å². The van der Waals surface area contributed by atoms with Crippen molar-refractivity contribution < 1.29 is 9.53 Å². The first-order valence-corrected chi connectivity index (χ1v) is 9.00. The summed E-state index contributed by atoms with van der Waals surface area (Å²) in [6.07, 6.45) is 3.56. The number of hydrogen-bond acceptors (Lipinski definition) is 4. The van der Waals surface area contributed by atoms with E-state index in [4.69, 9.17) is 17.0 Å². The highest BCUT2D eigenvalue weighted by Gasteiger charge is 2.33. The predicted octanol–water partition coefficient (Wildman–Crippen LogP) is 4.97. The summed E-state index contributed by atoms with van der Waals surface area (Å²) in [4.78, 5) is 15.0. The van der Waals surface area contributed by atoms with Gasteiger partial charge in [0.2, 0.25) is 0 Å². The van der Waals surface area contributed by atoms with Crippen LogP contribution in [0.3, 0.4) is 0 Å². The molecule has 1 aliphatic rings. The van der Waals surface area contributed by atoms with Gasteiger partial charge in [0.05, 0.1) is 10.6 Å². The van der Waals surface area contributed by atoms with Crippen molar-refractivity contribution in [1.29, 1.82) is 0 Å². The third-order valence-corrected chi connectivity index (χ3v) is 5.00. The van der Waals surface area contributed by atoms with Crippen LogP contribution in [0, 0.1) is 6.92 Å². The molecule has 3 nitrogen and oxygen atoms in total. The molecule has 1 aliphatic heterocycles. The summed E-state index contributed by atoms with van der Waals surface area (Å²) in [6, 6.07) is 15.3. The summed E-state index contributed by atoms with van der Waals surface area (Å²) < 4.78 is 6.02. The third kappa shape index (κ3) is 3.83. The molecular formula is C20H17NO2S2. The van der Waals surface area contributed by atoms with E-state index in [9.17, 15) is 4.79 Å². The van der Waals surface area contributed by atoms with Crippen molar-refractivity contribution in [1.82, 2.24) is 0 Å². The lowest BCUT2D eigenvalue weighted by atomic mass is 10.1. The van der Waals surface area contributed by atoms with Gasteiger partial charge >= 0.3 is 0 Å². The molecule has 2 aromatic rings. The van der Waals surface area contributed by atoms with Crippen molar-refractivity contribution in [3.05, 3.63) is 77.2 Å². The SMILES string of the molecule is C=CCOc1ccc(C=C2SC(=S)N(c3ccccc3C)C2=O)cc1. The Hall–Kier alpha value is -2.37. The zero-order valence-corrected chi connectivity index (χ0v) is 15.4. The van der Waals surface area contributed by atoms with Gasteiger partial charge in [-0.1, -0.05) is 67.0 Å². The second-order valence-corrected chi connectivity index (χ2v) is 7.15. The Morgan fingerprint density at radius 3 is 2.60 bits per heavy atom. The van der Waals surface area contributed by atoms with Crippen molar-refractivity contribution >= 4 is 46.0 Å². The minimum Gasteiger partial charge on any atom is -0.490 e. The Labute approximate surface area is 157 Å². The number of benzene rings is 2. The molecule has 3 rings (SSSR count). The van der Waals surface area contributed by atoms with Crippen LogP contribution in [0.25, 0.3) is 6.08 Å². The van der Waals surface area contributed by atoms with Crippen LogP contribution in [0.4, 0.5) is 5.69 Å². The highest BCUT2D eigenvalue weighted by atomic mass is 32.2. The van der Waals surface area contributed by atoms with Gasteiger partial charge in [0.15, 0.2) is 4.32 Å². The lowest BCUT2D eigenvalue weighted by Crippen LogP contribution is -2.28. The average Bonchev–Trinajstić information content (AvgIpc) is 2.89. The molecule has 1 fully saturated rings. The van der Waals surface area contributed by atoms with Crippen LogP contribution in [-0.4, -0.2) is 16.8 Å². The molecule has 0 spiro atoms. The third-order valence-electron chi connectivity index (χ3n) is 3.70. The Balaban J connectivity index is 1.83. The molecule has 2 aromatic carbocycles. The molecule has 0 aromatic heterocycles. The first kappa shape index (κ1) is 17.5. The lowest BCUT2D eigenvalue weighted by Gasteiger charge is -2.16. The first-order valence-electron chi connectivity index (χ1n) is 7.77. The number of rotatable bonds is 5. The number of carbonyl (C=O) groups is 1. The molecule has 0 atom stereocenters. The van der Waals surface area contributed by atoms with Crippen LogP contribution >= 0.6 is 24.0 Å². The average molecular weight is 367 g/mol. The molecule has 1 heterocycles. The molecular weight excluding hydrogens is 350 g/mol. The smallest absolute Gasteiger partial charge is 0.270 e. The molecule has 126 valence electrons. The highest BCUT2D eigenvalue weighted by molar-refractivity contribution is 8.27. The standard InChI is InChI=1S/C20H17NO2S2/c1-3-12-23-16-10-8-15(9-11-16)13-18-19(22)21(20(24)25-18)17-7-5-4-6-14(17)2/h3-11,13H,1,12H2,2H3. The fourth-order valence-electron chi connectivity index (χ4n) is 2.46. The number of carbonyl (C=O) groups excluding carboxylic acids is 1. The second kappa shape index (κ2) is 7.68. The van der Waals surface area contributed by atoms with E-state index in [2.05, 4.69) is 6.58 Å². The molecule has 1 saturated heterocycles. The summed E-state index contributed by atoms with van der Waals surface area (Å²) in [5.41, 5.74) is 2.78. The van der Waals surface area contributed by atoms with Crippen LogP contribution in [0.2, 0.25) is 0 Å². The zero-order valence-electron chi connectivity index (χ0n) is 13.8. The summed E-state index contributed by atoms with van der Waals surface area (Å²) in [7, 11) is 0. The number of nitrogens with zero attached hydrogens (tertiary/aromatic N) is 1. The van der Waals surface area contributed by atoms with E-state index in [0.29, 0.717) is 15.8 Å². The topological polar surface area (TPSA) is 29.5 Å². The van der Waals surface area contributed by atoms with E-state index in [1.807, 2.05) is 61.5 Å². The maximum absolute atomic E-state index is 12.8. The molecule has 0 radical (unpaired) electrons.